The normalized spacial score (nSPS) is 24.3. The van der Waals surface area contributed by atoms with E-state index < -0.39 is 41.6 Å². The quantitative estimate of drug-likeness (QED) is 0.431. The van der Waals surface area contributed by atoms with Crippen LogP contribution in [-0.4, -0.2) is 42.0 Å². The number of carbonyl (C=O) groups excluding carboxylic acids is 3. The summed E-state index contributed by atoms with van der Waals surface area (Å²) >= 11 is 0. The van der Waals surface area contributed by atoms with Gasteiger partial charge in [0.15, 0.2) is 5.78 Å². The van der Waals surface area contributed by atoms with Crippen molar-refractivity contribution in [2.24, 2.45) is 16.9 Å². The first-order valence-electron chi connectivity index (χ1n) is 11.2. The fraction of sp³-hybridized carbons (Fsp3) is 0.185. The molecular formula is C27H20FN3O4. The summed E-state index contributed by atoms with van der Waals surface area (Å²) in [7, 11) is 1.53. The molecule has 3 aliphatic heterocycles. The van der Waals surface area contributed by atoms with E-state index in [9.17, 15) is 18.8 Å². The lowest BCUT2D eigenvalue weighted by atomic mass is 9.83. The minimum absolute atomic E-state index is 0.157. The number of hydrogen-bond acceptors (Lipinski definition) is 6. The van der Waals surface area contributed by atoms with Crippen LogP contribution in [0.25, 0.3) is 0 Å². The third-order valence-electron chi connectivity index (χ3n) is 7.00. The Labute approximate surface area is 200 Å². The number of anilines is 1. The SMILES string of the molecule is COc1ccc(C(=O)[C@H]2[C@H]3C(=O)N(c4cccc(F)c4)C(=O)[C@H]3[C@H]3c4ccccc4C=NN32)cc1. The lowest BCUT2D eigenvalue weighted by Gasteiger charge is -2.33. The molecule has 4 atom stereocenters. The van der Waals surface area contributed by atoms with Gasteiger partial charge in [-0.05, 0) is 53.6 Å². The van der Waals surface area contributed by atoms with Crippen LogP contribution in [0.1, 0.15) is 27.5 Å². The molecular weight excluding hydrogens is 449 g/mol. The third kappa shape index (κ3) is 3.10. The molecule has 0 bridgehead atoms. The largest absolute Gasteiger partial charge is 0.497 e. The Hall–Kier alpha value is -4.33. The van der Waals surface area contributed by atoms with Gasteiger partial charge in [0.25, 0.3) is 0 Å². The number of hydrogen-bond donors (Lipinski definition) is 0. The Balaban J connectivity index is 1.48. The van der Waals surface area contributed by atoms with Crippen LogP contribution in [0, 0.1) is 17.7 Å². The molecule has 0 N–H and O–H groups in total. The summed E-state index contributed by atoms with van der Waals surface area (Å²) in [6, 6.07) is 17.9. The molecule has 6 rings (SSSR count). The van der Waals surface area contributed by atoms with Crippen molar-refractivity contribution in [1.82, 2.24) is 5.01 Å². The van der Waals surface area contributed by atoms with Crippen molar-refractivity contribution in [3.8, 4) is 5.75 Å². The highest BCUT2D eigenvalue weighted by Crippen LogP contribution is 2.53. The lowest BCUT2D eigenvalue weighted by molar-refractivity contribution is -0.124. The Morgan fingerprint density at radius 2 is 1.69 bits per heavy atom. The van der Waals surface area contributed by atoms with Gasteiger partial charge in [-0.2, -0.15) is 5.10 Å². The number of carbonyl (C=O) groups is 3. The Morgan fingerprint density at radius 1 is 0.943 bits per heavy atom. The number of ether oxygens (including phenoxy) is 1. The maximum atomic E-state index is 14.0. The summed E-state index contributed by atoms with van der Waals surface area (Å²) < 4.78 is 19.2. The van der Waals surface area contributed by atoms with E-state index in [1.54, 1.807) is 35.5 Å². The number of benzene rings is 3. The molecule has 3 aromatic carbocycles. The van der Waals surface area contributed by atoms with Crippen LogP contribution in [0.5, 0.6) is 5.75 Å². The topological polar surface area (TPSA) is 79.3 Å². The number of nitrogens with zero attached hydrogens (tertiary/aromatic N) is 3. The number of rotatable bonds is 4. The number of amides is 2. The number of halogens is 1. The van der Waals surface area contributed by atoms with Crippen LogP contribution in [-0.2, 0) is 9.59 Å². The average Bonchev–Trinajstić information content (AvgIpc) is 3.36. The zero-order valence-electron chi connectivity index (χ0n) is 18.7. The number of fused-ring (bicyclic) bond motifs is 5. The van der Waals surface area contributed by atoms with Gasteiger partial charge in [0.2, 0.25) is 11.8 Å². The molecule has 0 spiro atoms. The van der Waals surface area contributed by atoms with Crippen molar-refractivity contribution in [1.29, 1.82) is 0 Å². The molecule has 174 valence electrons. The van der Waals surface area contributed by atoms with Crippen molar-refractivity contribution in [3.63, 3.8) is 0 Å². The number of methoxy groups -OCH3 is 1. The summed E-state index contributed by atoms with van der Waals surface area (Å²) in [5.41, 5.74) is 2.19. The van der Waals surface area contributed by atoms with Crippen LogP contribution in [0.3, 0.4) is 0 Å². The van der Waals surface area contributed by atoms with Crippen LogP contribution in [0.15, 0.2) is 77.9 Å². The van der Waals surface area contributed by atoms with Gasteiger partial charge in [-0.15, -0.1) is 0 Å². The van der Waals surface area contributed by atoms with Gasteiger partial charge in [0.1, 0.15) is 17.6 Å². The van der Waals surface area contributed by atoms with Gasteiger partial charge in [0.05, 0.1) is 36.9 Å². The summed E-state index contributed by atoms with van der Waals surface area (Å²) in [6.07, 6.45) is 1.65. The fourth-order valence-electron chi connectivity index (χ4n) is 5.46. The smallest absolute Gasteiger partial charge is 0.240 e. The maximum Gasteiger partial charge on any atom is 0.240 e. The van der Waals surface area contributed by atoms with Crippen molar-refractivity contribution in [3.05, 3.63) is 95.3 Å². The van der Waals surface area contributed by atoms with Gasteiger partial charge >= 0.3 is 0 Å². The summed E-state index contributed by atoms with van der Waals surface area (Å²) in [5, 5.41) is 6.14. The summed E-state index contributed by atoms with van der Waals surface area (Å²) in [4.78, 5) is 42.3. The van der Waals surface area contributed by atoms with Crippen LogP contribution in [0.2, 0.25) is 0 Å². The number of hydrazone groups is 1. The zero-order chi connectivity index (χ0) is 24.3. The third-order valence-corrected chi connectivity index (χ3v) is 7.00. The molecule has 0 aromatic heterocycles. The van der Waals surface area contributed by atoms with Gasteiger partial charge in [-0.3, -0.25) is 19.4 Å². The van der Waals surface area contributed by atoms with Crippen molar-refractivity contribution < 1.29 is 23.5 Å². The molecule has 8 heteroatoms. The maximum absolute atomic E-state index is 14.0. The predicted molar refractivity (Wildman–Crippen MR) is 126 cm³/mol. The van der Waals surface area contributed by atoms with E-state index in [2.05, 4.69) is 5.10 Å². The molecule has 3 aliphatic rings. The molecule has 0 aliphatic carbocycles. The first kappa shape index (κ1) is 21.2. The van der Waals surface area contributed by atoms with E-state index in [1.807, 2.05) is 24.3 Å². The first-order chi connectivity index (χ1) is 17.0. The van der Waals surface area contributed by atoms with E-state index in [0.717, 1.165) is 22.1 Å². The molecule has 0 saturated carbocycles. The molecule has 3 heterocycles. The van der Waals surface area contributed by atoms with E-state index in [0.29, 0.717) is 11.3 Å². The monoisotopic (exact) mass is 469 g/mol. The highest BCUT2D eigenvalue weighted by Gasteiger charge is 2.65. The molecule has 2 saturated heterocycles. The molecule has 2 fully saturated rings. The number of ketones is 1. The van der Waals surface area contributed by atoms with E-state index >= 15 is 0 Å². The van der Waals surface area contributed by atoms with Crippen LogP contribution in [0.4, 0.5) is 10.1 Å². The minimum atomic E-state index is -0.988. The highest BCUT2D eigenvalue weighted by molar-refractivity contribution is 6.24. The van der Waals surface area contributed by atoms with Gasteiger partial charge in [-0.1, -0.05) is 30.3 Å². The van der Waals surface area contributed by atoms with E-state index in [-0.39, 0.29) is 11.5 Å². The minimum Gasteiger partial charge on any atom is -0.497 e. The number of Topliss-reactive ketones (excluding diaryl/α,β-unsaturated/α-hetero) is 1. The molecule has 2 amide bonds. The molecule has 3 aromatic rings. The molecule has 0 radical (unpaired) electrons. The van der Waals surface area contributed by atoms with Crippen molar-refractivity contribution >= 4 is 29.5 Å². The Kier molecular flexibility index (Phi) is 4.77. The van der Waals surface area contributed by atoms with E-state index in [4.69, 9.17) is 4.74 Å². The molecule has 35 heavy (non-hydrogen) atoms. The highest BCUT2D eigenvalue weighted by atomic mass is 19.1. The second-order valence-electron chi connectivity index (χ2n) is 8.78. The first-order valence-corrected chi connectivity index (χ1v) is 11.2. The number of imide groups is 1. The van der Waals surface area contributed by atoms with Gasteiger partial charge in [0, 0.05) is 5.56 Å². The molecule has 0 unspecified atom stereocenters. The average molecular weight is 469 g/mol. The van der Waals surface area contributed by atoms with Crippen LogP contribution < -0.4 is 9.64 Å². The van der Waals surface area contributed by atoms with E-state index in [1.165, 1.54) is 25.3 Å². The second kappa shape index (κ2) is 7.87. The van der Waals surface area contributed by atoms with Gasteiger partial charge < -0.3 is 4.74 Å². The Morgan fingerprint density at radius 3 is 2.43 bits per heavy atom. The summed E-state index contributed by atoms with van der Waals surface area (Å²) in [5.74, 6) is -3.07. The van der Waals surface area contributed by atoms with Crippen molar-refractivity contribution in [2.75, 3.05) is 12.0 Å². The van der Waals surface area contributed by atoms with Crippen molar-refractivity contribution in [2.45, 2.75) is 12.1 Å². The molecule has 7 nitrogen and oxygen atoms in total. The fourth-order valence-corrected chi connectivity index (χ4v) is 5.46. The summed E-state index contributed by atoms with van der Waals surface area (Å²) in [6.45, 7) is 0. The van der Waals surface area contributed by atoms with Crippen LogP contribution >= 0.6 is 0 Å². The predicted octanol–water partition coefficient (Wildman–Crippen LogP) is 3.60. The van der Waals surface area contributed by atoms with Gasteiger partial charge in [-0.25, -0.2) is 9.29 Å². The second-order valence-corrected chi connectivity index (χ2v) is 8.78. The zero-order valence-corrected chi connectivity index (χ0v) is 18.7. The lowest BCUT2D eigenvalue weighted by Crippen LogP contribution is -2.44. The standard InChI is InChI=1S/C27H20FN3O4/c1-35-19-11-9-15(10-12-19)25(32)24-22-21(23-20-8-3-2-5-16(20)14-29-31(23)24)26(33)30(27(22)34)18-7-4-6-17(28)13-18/h2-14,21-24H,1H3/t21-,22+,23-,24-/m1/s1. The Bertz CT molecular complexity index is 1400.